The van der Waals surface area contributed by atoms with Crippen molar-refractivity contribution in [3.63, 3.8) is 0 Å². The van der Waals surface area contributed by atoms with Gasteiger partial charge < -0.3 is 14.7 Å². The molecular formula is C18H15F3N2O4. The number of ether oxygens (including phenoxy) is 1. The van der Waals surface area contributed by atoms with Gasteiger partial charge in [0.05, 0.1) is 18.7 Å². The van der Waals surface area contributed by atoms with Gasteiger partial charge >= 0.3 is 12.1 Å². The predicted octanol–water partition coefficient (Wildman–Crippen LogP) is 3.01. The number of nitrogens with zero attached hydrogens (tertiary/aromatic N) is 2. The monoisotopic (exact) mass is 380 g/mol. The second-order valence-electron chi connectivity index (χ2n) is 5.91. The van der Waals surface area contributed by atoms with E-state index < -0.39 is 29.7 Å². The van der Waals surface area contributed by atoms with Gasteiger partial charge in [0.2, 0.25) is 0 Å². The quantitative estimate of drug-likeness (QED) is 0.886. The molecule has 1 aromatic carbocycles. The number of amides is 1. The topological polar surface area (TPSA) is 79.7 Å². The van der Waals surface area contributed by atoms with Gasteiger partial charge in [-0.1, -0.05) is 24.3 Å². The molecule has 1 N–H and O–H groups in total. The molecule has 1 aromatic heterocycles. The lowest BCUT2D eigenvalue weighted by Gasteiger charge is -2.34. The maximum atomic E-state index is 13.2. The van der Waals surface area contributed by atoms with E-state index >= 15 is 0 Å². The summed E-state index contributed by atoms with van der Waals surface area (Å²) in [5.74, 6) is -1.83. The minimum atomic E-state index is -4.54. The van der Waals surface area contributed by atoms with Crippen molar-refractivity contribution in [2.24, 2.45) is 0 Å². The van der Waals surface area contributed by atoms with Crippen LogP contribution >= 0.6 is 0 Å². The van der Waals surface area contributed by atoms with Crippen molar-refractivity contribution in [2.45, 2.75) is 12.3 Å². The molecule has 2 aromatic rings. The van der Waals surface area contributed by atoms with Crippen LogP contribution in [0, 0.1) is 0 Å². The van der Waals surface area contributed by atoms with E-state index in [9.17, 15) is 22.8 Å². The number of benzene rings is 1. The highest BCUT2D eigenvalue weighted by Gasteiger charge is 2.37. The molecule has 9 heteroatoms. The molecule has 27 heavy (non-hydrogen) atoms. The summed E-state index contributed by atoms with van der Waals surface area (Å²) in [6.07, 6.45) is -5.48. The van der Waals surface area contributed by atoms with Crippen molar-refractivity contribution in [1.82, 2.24) is 9.88 Å². The van der Waals surface area contributed by atoms with E-state index in [2.05, 4.69) is 4.98 Å². The van der Waals surface area contributed by atoms with Crippen molar-refractivity contribution in [3.05, 3.63) is 65.0 Å². The Hall–Kier alpha value is -2.94. The van der Waals surface area contributed by atoms with Crippen LogP contribution in [0.25, 0.3) is 0 Å². The summed E-state index contributed by atoms with van der Waals surface area (Å²) in [4.78, 5) is 28.7. The molecule has 2 heterocycles. The number of aromatic carboxylic acids is 1. The third kappa shape index (κ3) is 4.08. The molecular weight excluding hydrogens is 365 g/mol. The molecule has 1 fully saturated rings. The molecule has 6 nitrogen and oxygen atoms in total. The first kappa shape index (κ1) is 18.8. The number of hydrogen-bond donors (Lipinski definition) is 1. The molecule has 0 aliphatic carbocycles. The first-order valence-electron chi connectivity index (χ1n) is 8.04. The maximum Gasteiger partial charge on any atom is 0.416 e. The number of hydrogen-bond acceptors (Lipinski definition) is 4. The van der Waals surface area contributed by atoms with Crippen LogP contribution in [0.1, 0.15) is 38.2 Å². The fourth-order valence-corrected chi connectivity index (χ4v) is 2.89. The van der Waals surface area contributed by atoms with Gasteiger partial charge in [-0.15, -0.1) is 0 Å². The standard InChI is InChI=1S/C18H15F3N2O4/c19-18(20,21)12-5-2-1-4-11(12)15-10-23(8-9-27-15)16(24)13-6-3-7-14(22-13)17(25)26/h1-7,15H,8-10H2,(H,25,26). The summed E-state index contributed by atoms with van der Waals surface area (Å²) in [5, 5.41) is 8.98. The summed E-state index contributed by atoms with van der Waals surface area (Å²) in [6.45, 7) is 0.134. The number of alkyl halides is 3. The van der Waals surface area contributed by atoms with Crippen molar-refractivity contribution in [3.8, 4) is 0 Å². The Kier molecular flexibility index (Phi) is 5.13. The molecule has 0 spiro atoms. The van der Waals surface area contributed by atoms with Crippen LogP contribution in [-0.4, -0.2) is 46.6 Å². The first-order chi connectivity index (χ1) is 12.8. The molecule has 142 valence electrons. The van der Waals surface area contributed by atoms with Gasteiger partial charge in [0, 0.05) is 6.54 Å². The van der Waals surface area contributed by atoms with E-state index in [1.54, 1.807) is 0 Å². The smallest absolute Gasteiger partial charge is 0.416 e. The molecule has 0 saturated carbocycles. The number of morpholine rings is 1. The zero-order valence-corrected chi connectivity index (χ0v) is 13.9. The van der Waals surface area contributed by atoms with Crippen LogP contribution in [0.2, 0.25) is 0 Å². The summed E-state index contributed by atoms with van der Waals surface area (Å²) < 4.78 is 45.2. The molecule has 1 aliphatic rings. The Morgan fingerprint density at radius 3 is 2.52 bits per heavy atom. The molecule has 0 bridgehead atoms. The Labute approximate surface area is 152 Å². The zero-order valence-electron chi connectivity index (χ0n) is 13.9. The number of pyridine rings is 1. The van der Waals surface area contributed by atoms with Gasteiger partial charge in [-0.2, -0.15) is 13.2 Å². The second-order valence-corrected chi connectivity index (χ2v) is 5.91. The van der Waals surface area contributed by atoms with E-state index in [0.717, 1.165) is 6.07 Å². The average Bonchev–Trinajstić information content (AvgIpc) is 2.67. The van der Waals surface area contributed by atoms with Crippen LogP contribution in [-0.2, 0) is 10.9 Å². The fourth-order valence-electron chi connectivity index (χ4n) is 2.89. The van der Waals surface area contributed by atoms with E-state index in [0.29, 0.717) is 0 Å². The number of carbonyl (C=O) groups excluding carboxylic acids is 1. The summed E-state index contributed by atoms with van der Waals surface area (Å²) in [6, 6.07) is 9.07. The number of carboxylic acid groups (broad SMARTS) is 1. The van der Waals surface area contributed by atoms with Gasteiger partial charge in [-0.3, -0.25) is 4.79 Å². The minimum Gasteiger partial charge on any atom is -0.477 e. The Bertz CT molecular complexity index is 870. The van der Waals surface area contributed by atoms with Crippen molar-refractivity contribution in [1.29, 1.82) is 0 Å². The van der Waals surface area contributed by atoms with E-state index in [4.69, 9.17) is 9.84 Å². The van der Waals surface area contributed by atoms with Gasteiger partial charge in [0.1, 0.15) is 17.5 Å². The first-order valence-corrected chi connectivity index (χ1v) is 8.04. The maximum absolute atomic E-state index is 13.2. The Morgan fingerprint density at radius 1 is 1.11 bits per heavy atom. The van der Waals surface area contributed by atoms with Crippen molar-refractivity contribution in [2.75, 3.05) is 19.7 Å². The average molecular weight is 380 g/mol. The van der Waals surface area contributed by atoms with Crippen molar-refractivity contribution < 1.29 is 32.6 Å². The Balaban J connectivity index is 1.84. The molecule has 1 aliphatic heterocycles. The third-order valence-electron chi connectivity index (χ3n) is 4.15. The van der Waals surface area contributed by atoms with Gasteiger partial charge in [-0.05, 0) is 23.8 Å². The van der Waals surface area contributed by atoms with Crippen LogP contribution in [0.5, 0.6) is 0 Å². The van der Waals surface area contributed by atoms with Crippen LogP contribution in [0.15, 0.2) is 42.5 Å². The molecule has 1 unspecified atom stereocenters. The molecule has 3 rings (SSSR count). The Morgan fingerprint density at radius 2 is 1.81 bits per heavy atom. The molecule has 0 radical (unpaired) electrons. The third-order valence-corrected chi connectivity index (χ3v) is 4.15. The lowest BCUT2D eigenvalue weighted by Crippen LogP contribution is -2.43. The van der Waals surface area contributed by atoms with E-state index in [-0.39, 0.29) is 36.6 Å². The highest BCUT2D eigenvalue weighted by Crippen LogP contribution is 2.36. The van der Waals surface area contributed by atoms with Crippen LogP contribution in [0.3, 0.4) is 0 Å². The van der Waals surface area contributed by atoms with Crippen LogP contribution in [0.4, 0.5) is 13.2 Å². The number of rotatable bonds is 3. The molecule has 1 amide bonds. The normalized spacial score (nSPS) is 17.6. The van der Waals surface area contributed by atoms with E-state index in [1.807, 2.05) is 0 Å². The highest BCUT2D eigenvalue weighted by molar-refractivity contribution is 5.94. The number of aromatic nitrogens is 1. The summed E-state index contributed by atoms with van der Waals surface area (Å²) in [5.41, 5.74) is -1.22. The lowest BCUT2D eigenvalue weighted by atomic mass is 10.0. The lowest BCUT2D eigenvalue weighted by molar-refractivity contribution is -0.140. The fraction of sp³-hybridized carbons (Fsp3) is 0.278. The minimum absolute atomic E-state index is 0.0465. The number of carbonyl (C=O) groups is 2. The van der Waals surface area contributed by atoms with Crippen molar-refractivity contribution >= 4 is 11.9 Å². The number of halogens is 3. The zero-order chi connectivity index (χ0) is 19.6. The SMILES string of the molecule is O=C(O)c1cccc(C(=O)N2CCOC(c3ccccc3C(F)(F)F)C2)n1. The van der Waals surface area contributed by atoms with Gasteiger partial charge in [-0.25, -0.2) is 9.78 Å². The van der Waals surface area contributed by atoms with Gasteiger partial charge in [0.15, 0.2) is 0 Å². The van der Waals surface area contributed by atoms with Crippen LogP contribution < -0.4 is 0 Å². The highest BCUT2D eigenvalue weighted by atomic mass is 19.4. The summed E-state index contributed by atoms with van der Waals surface area (Å²) >= 11 is 0. The van der Waals surface area contributed by atoms with E-state index in [1.165, 1.54) is 41.3 Å². The summed E-state index contributed by atoms with van der Waals surface area (Å²) in [7, 11) is 0. The largest absolute Gasteiger partial charge is 0.477 e. The predicted molar refractivity (Wildman–Crippen MR) is 87.2 cm³/mol. The molecule has 1 saturated heterocycles. The van der Waals surface area contributed by atoms with Gasteiger partial charge in [0.25, 0.3) is 5.91 Å². The molecule has 1 atom stereocenters. The number of carboxylic acids is 1. The second kappa shape index (κ2) is 7.36.